The van der Waals surface area contributed by atoms with Crippen LogP contribution < -0.4 is 5.43 Å². The summed E-state index contributed by atoms with van der Waals surface area (Å²) in [6, 6.07) is 6.32. The van der Waals surface area contributed by atoms with Gasteiger partial charge in [0.15, 0.2) is 0 Å². The molecule has 2 rings (SSSR count). The number of hydrazone groups is 1. The van der Waals surface area contributed by atoms with Gasteiger partial charge in [-0.2, -0.15) is 5.10 Å². The summed E-state index contributed by atoms with van der Waals surface area (Å²) in [6.07, 6.45) is 4.50. The van der Waals surface area contributed by atoms with Crippen molar-refractivity contribution in [2.45, 2.75) is 0 Å². The van der Waals surface area contributed by atoms with Gasteiger partial charge in [0.2, 0.25) is 0 Å². The number of nitrogens with zero attached hydrogens (tertiary/aromatic N) is 1. The molecule has 1 heterocycles. The van der Waals surface area contributed by atoms with Gasteiger partial charge in [-0.25, -0.2) is 5.43 Å². The van der Waals surface area contributed by atoms with E-state index in [4.69, 9.17) is 27.6 Å². The van der Waals surface area contributed by atoms with E-state index in [0.717, 1.165) is 5.56 Å². The first-order chi connectivity index (χ1) is 8.66. The van der Waals surface area contributed by atoms with Crippen LogP contribution in [0.15, 0.2) is 46.3 Å². The second kappa shape index (κ2) is 5.71. The summed E-state index contributed by atoms with van der Waals surface area (Å²) in [5, 5.41) is 4.50. The number of nitrogens with one attached hydrogen (secondary N) is 1. The Kier molecular flexibility index (Phi) is 4.02. The van der Waals surface area contributed by atoms with Crippen LogP contribution in [0, 0.1) is 0 Å². The molecule has 6 heteroatoms. The molecule has 1 aromatic carbocycles. The number of carbonyl (C=O) groups is 1. The molecule has 1 amide bonds. The summed E-state index contributed by atoms with van der Waals surface area (Å²) in [4.78, 5) is 11.7. The highest BCUT2D eigenvalue weighted by Gasteiger charge is 2.06. The molecule has 0 aliphatic rings. The molecule has 92 valence electrons. The summed E-state index contributed by atoms with van der Waals surface area (Å²) < 4.78 is 4.85. The van der Waals surface area contributed by atoms with Gasteiger partial charge in [-0.05, 0) is 24.3 Å². The molecule has 0 aliphatic carbocycles. The summed E-state index contributed by atoms with van der Waals surface area (Å²) in [5.41, 5.74) is 3.51. The lowest BCUT2D eigenvalue weighted by molar-refractivity contribution is 0.0955. The summed E-state index contributed by atoms with van der Waals surface area (Å²) in [5.74, 6) is -0.367. The first-order valence-corrected chi connectivity index (χ1v) is 5.73. The third kappa shape index (κ3) is 3.12. The number of halogens is 2. The van der Waals surface area contributed by atoms with Gasteiger partial charge < -0.3 is 4.42 Å². The van der Waals surface area contributed by atoms with Crippen molar-refractivity contribution in [2.75, 3.05) is 0 Å². The lowest BCUT2D eigenvalue weighted by Gasteiger charge is -2.01. The average molecular weight is 283 g/mol. The van der Waals surface area contributed by atoms with E-state index in [-0.39, 0.29) is 5.91 Å². The highest BCUT2D eigenvalue weighted by molar-refractivity contribution is 6.42. The lowest BCUT2D eigenvalue weighted by atomic mass is 10.2. The molecular formula is C12H8Cl2N2O2. The Labute approximate surface area is 113 Å². The number of benzene rings is 1. The van der Waals surface area contributed by atoms with Crippen LogP contribution in [0.3, 0.4) is 0 Å². The third-order valence-corrected chi connectivity index (χ3v) is 2.84. The molecule has 0 fully saturated rings. The second-order valence-electron chi connectivity index (χ2n) is 3.38. The molecule has 0 unspecified atom stereocenters. The number of rotatable bonds is 3. The molecule has 2 aromatic rings. The highest BCUT2D eigenvalue weighted by Crippen LogP contribution is 2.22. The second-order valence-corrected chi connectivity index (χ2v) is 4.20. The number of hydrogen-bond acceptors (Lipinski definition) is 3. The van der Waals surface area contributed by atoms with Crippen molar-refractivity contribution >= 4 is 35.3 Å². The maximum absolute atomic E-state index is 11.7. The topological polar surface area (TPSA) is 54.6 Å². The lowest BCUT2D eigenvalue weighted by Crippen LogP contribution is -2.17. The Morgan fingerprint density at radius 1 is 1.28 bits per heavy atom. The van der Waals surface area contributed by atoms with Crippen molar-refractivity contribution in [1.82, 2.24) is 5.43 Å². The van der Waals surface area contributed by atoms with Crippen molar-refractivity contribution in [2.24, 2.45) is 5.10 Å². The van der Waals surface area contributed by atoms with Gasteiger partial charge >= 0.3 is 0 Å². The fourth-order valence-electron chi connectivity index (χ4n) is 1.22. The zero-order chi connectivity index (χ0) is 13.0. The molecule has 1 N–H and O–H groups in total. The SMILES string of the molecule is O=C(NN=Cc1ccoc1)c1ccc(Cl)c(Cl)c1. The molecule has 1 aromatic heterocycles. The monoisotopic (exact) mass is 282 g/mol. The van der Waals surface area contributed by atoms with Crippen LogP contribution in [-0.4, -0.2) is 12.1 Å². The molecule has 0 saturated carbocycles. The van der Waals surface area contributed by atoms with Crippen LogP contribution in [-0.2, 0) is 0 Å². The molecule has 0 atom stereocenters. The fourth-order valence-corrected chi connectivity index (χ4v) is 1.51. The smallest absolute Gasteiger partial charge is 0.271 e. The van der Waals surface area contributed by atoms with E-state index < -0.39 is 0 Å². The Balaban J connectivity index is 2.01. The van der Waals surface area contributed by atoms with E-state index in [0.29, 0.717) is 15.6 Å². The summed E-state index contributed by atoms with van der Waals surface area (Å²) >= 11 is 11.6. The predicted octanol–water partition coefficient (Wildman–Crippen LogP) is 3.35. The van der Waals surface area contributed by atoms with E-state index in [9.17, 15) is 4.79 Å². The van der Waals surface area contributed by atoms with Crippen LogP contribution >= 0.6 is 23.2 Å². The van der Waals surface area contributed by atoms with E-state index in [1.807, 2.05) is 0 Å². The minimum atomic E-state index is -0.367. The van der Waals surface area contributed by atoms with Gasteiger partial charge in [0.05, 0.1) is 28.8 Å². The predicted molar refractivity (Wildman–Crippen MR) is 70.2 cm³/mol. The zero-order valence-corrected chi connectivity index (χ0v) is 10.6. The van der Waals surface area contributed by atoms with E-state index in [1.165, 1.54) is 24.8 Å². The average Bonchev–Trinajstić information content (AvgIpc) is 2.85. The normalized spacial score (nSPS) is 10.8. The van der Waals surface area contributed by atoms with Crippen LogP contribution in [0.5, 0.6) is 0 Å². The molecule has 18 heavy (non-hydrogen) atoms. The van der Waals surface area contributed by atoms with E-state index in [1.54, 1.807) is 18.2 Å². The maximum atomic E-state index is 11.7. The number of carbonyl (C=O) groups excluding carboxylic acids is 1. The van der Waals surface area contributed by atoms with Gasteiger partial charge in [0, 0.05) is 11.1 Å². The summed E-state index contributed by atoms with van der Waals surface area (Å²) in [6.45, 7) is 0. The molecule has 0 saturated heterocycles. The van der Waals surface area contributed by atoms with Crippen molar-refractivity contribution < 1.29 is 9.21 Å². The molecule has 4 nitrogen and oxygen atoms in total. The minimum absolute atomic E-state index is 0.322. The Morgan fingerprint density at radius 2 is 2.11 bits per heavy atom. The van der Waals surface area contributed by atoms with Crippen molar-refractivity contribution in [3.8, 4) is 0 Å². The van der Waals surface area contributed by atoms with Crippen molar-refractivity contribution in [3.63, 3.8) is 0 Å². The Morgan fingerprint density at radius 3 is 2.78 bits per heavy atom. The number of hydrogen-bond donors (Lipinski definition) is 1. The maximum Gasteiger partial charge on any atom is 0.271 e. The van der Waals surface area contributed by atoms with Crippen LogP contribution in [0.1, 0.15) is 15.9 Å². The molecule has 0 spiro atoms. The van der Waals surface area contributed by atoms with Gasteiger partial charge in [-0.3, -0.25) is 4.79 Å². The minimum Gasteiger partial charge on any atom is -0.472 e. The molecule has 0 bridgehead atoms. The number of amides is 1. The largest absolute Gasteiger partial charge is 0.472 e. The first-order valence-electron chi connectivity index (χ1n) is 4.97. The van der Waals surface area contributed by atoms with Crippen molar-refractivity contribution in [3.05, 3.63) is 58.0 Å². The van der Waals surface area contributed by atoms with E-state index in [2.05, 4.69) is 10.5 Å². The standard InChI is InChI=1S/C12H8Cl2N2O2/c13-10-2-1-9(5-11(10)14)12(17)16-15-6-8-3-4-18-7-8/h1-7H,(H,16,17). The zero-order valence-electron chi connectivity index (χ0n) is 9.06. The van der Waals surface area contributed by atoms with Gasteiger partial charge in [0.1, 0.15) is 0 Å². The van der Waals surface area contributed by atoms with Crippen LogP contribution in [0.4, 0.5) is 0 Å². The molecular weight excluding hydrogens is 275 g/mol. The Bertz CT molecular complexity index is 580. The Hall–Kier alpha value is -1.78. The number of furan rings is 1. The van der Waals surface area contributed by atoms with Crippen molar-refractivity contribution in [1.29, 1.82) is 0 Å². The first kappa shape index (κ1) is 12.7. The fraction of sp³-hybridized carbons (Fsp3) is 0. The van der Waals surface area contributed by atoms with Gasteiger partial charge in [0.25, 0.3) is 5.91 Å². The molecule has 0 radical (unpaired) electrons. The highest BCUT2D eigenvalue weighted by atomic mass is 35.5. The van der Waals surface area contributed by atoms with E-state index >= 15 is 0 Å². The van der Waals surface area contributed by atoms with Crippen LogP contribution in [0.25, 0.3) is 0 Å². The summed E-state index contributed by atoms with van der Waals surface area (Å²) in [7, 11) is 0. The molecule has 0 aliphatic heterocycles. The van der Waals surface area contributed by atoms with Gasteiger partial charge in [-0.1, -0.05) is 23.2 Å². The van der Waals surface area contributed by atoms with Gasteiger partial charge in [-0.15, -0.1) is 0 Å². The third-order valence-electron chi connectivity index (χ3n) is 2.10. The van der Waals surface area contributed by atoms with Crippen LogP contribution in [0.2, 0.25) is 10.0 Å². The quantitative estimate of drug-likeness (QED) is 0.693.